The fourth-order valence-corrected chi connectivity index (χ4v) is 2.11. The first-order valence-corrected chi connectivity index (χ1v) is 6.64. The Morgan fingerprint density at radius 1 is 1.18 bits per heavy atom. The molecule has 0 atom stereocenters. The highest BCUT2D eigenvalue weighted by Gasteiger charge is 2.20. The molecular weight excluding hydrogens is 288 g/mol. The molecule has 8 heteroatoms. The minimum atomic E-state index is -0.461. The fraction of sp³-hybridized carbons (Fsp3) is 0.214. The van der Waals surface area contributed by atoms with Crippen LogP contribution in [0.25, 0.3) is 22.8 Å². The van der Waals surface area contributed by atoms with Gasteiger partial charge in [0.1, 0.15) is 5.76 Å². The van der Waals surface area contributed by atoms with E-state index in [1.54, 1.807) is 19.1 Å². The molecule has 0 aliphatic heterocycles. The van der Waals surface area contributed by atoms with Gasteiger partial charge < -0.3 is 9.05 Å². The predicted molar refractivity (Wildman–Crippen MR) is 76.0 cm³/mol. The fourth-order valence-electron chi connectivity index (χ4n) is 2.11. The number of hydrogen-bond donors (Lipinski definition) is 0. The van der Waals surface area contributed by atoms with Gasteiger partial charge in [0, 0.05) is 17.7 Å². The summed E-state index contributed by atoms with van der Waals surface area (Å²) in [5, 5.41) is 18.5. The van der Waals surface area contributed by atoms with E-state index in [1.807, 2.05) is 6.92 Å². The molecule has 0 amide bonds. The van der Waals surface area contributed by atoms with Gasteiger partial charge in [-0.25, -0.2) is 0 Å². The lowest BCUT2D eigenvalue weighted by Gasteiger charge is -1.94. The number of nitrogens with zero attached hydrogens (tertiary/aromatic N) is 4. The average molecular weight is 300 g/mol. The van der Waals surface area contributed by atoms with Gasteiger partial charge in [-0.1, -0.05) is 17.2 Å². The second-order valence-corrected chi connectivity index (χ2v) is 4.64. The molecule has 22 heavy (non-hydrogen) atoms. The van der Waals surface area contributed by atoms with E-state index in [1.165, 1.54) is 12.1 Å². The summed E-state index contributed by atoms with van der Waals surface area (Å²) in [7, 11) is 0. The van der Waals surface area contributed by atoms with Crippen molar-refractivity contribution in [3.05, 3.63) is 45.8 Å². The molecule has 0 saturated heterocycles. The molecule has 112 valence electrons. The molecular formula is C14H12N4O4. The Bertz CT molecular complexity index is 820. The van der Waals surface area contributed by atoms with Crippen LogP contribution in [0.3, 0.4) is 0 Å². The lowest BCUT2D eigenvalue weighted by molar-refractivity contribution is -0.384. The quantitative estimate of drug-likeness (QED) is 0.537. The van der Waals surface area contributed by atoms with E-state index in [2.05, 4.69) is 15.3 Å². The van der Waals surface area contributed by atoms with E-state index in [0.29, 0.717) is 23.6 Å². The number of rotatable bonds is 4. The minimum Gasteiger partial charge on any atom is -0.361 e. The average Bonchev–Trinajstić information content (AvgIpc) is 3.13. The third-order valence-electron chi connectivity index (χ3n) is 3.24. The maximum absolute atomic E-state index is 10.7. The van der Waals surface area contributed by atoms with E-state index < -0.39 is 4.92 Å². The maximum Gasteiger partial charge on any atom is 0.269 e. The second kappa shape index (κ2) is 5.40. The number of nitro benzene ring substituents is 1. The Balaban J connectivity index is 1.97. The van der Waals surface area contributed by atoms with Crippen LogP contribution >= 0.6 is 0 Å². The van der Waals surface area contributed by atoms with Crippen molar-refractivity contribution >= 4 is 5.69 Å². The maximum atomic E-state index is 10.7. The molecule has 0 fully saturated rings. The number of non-ortho nitro benzene ring substituents is 1. The number of aromatic nitrogens is 3. The third kappa shape index (κ3) is 2.34. The largest absolute Gasteiger partial charge is 0.361 e. The van der Waals surface area contributed by atoms with Crippen molar-refractivity contribution in [2.24, 2.45) is 0 Å². The lowest BCUT2D eigenvalue weighted by Crippen LogP contribution is -1.89. The van der Waals surface area contributed by atoms with Gasteiger partial charge in [-0.15, -0.1) is 0 Å². The zero-order valence-corrected chi connectivity index (χ0v) is 11.9. The van der Waals surface area contributed by atoms with Crippen LogP contribution in [-0.4, -0.2) is 20.2 Å². The topological polar surface area (TPSA) is 108 Å². The first-order chi connectivity index (χ1) is 10.6. The van der Waals surface area contributed by atoms with Gasteiger partial charge in [-0.2, -0.15) is 4.98 Å². The molecule has 0 radical (unpaired) electrons. The molecule has 0 bridgehead atoms. The monoisotopic (exact) mass is 300 g/mol. The summed E-state index contributed by atoms with van der Waals surface area (Å²) in [6, 6.07) is 5.91. The van der Waals surface area contributed by atoms with Gasteiger partial charge in [-0.3, -0.25) is 10.1 Å². The van der Waals surface area contributed by atoms with Gasteiger partial charge in [0.05, 0.1) is 16.2 Å². The Morgan fingerprint density at radius 2 is 1.91 bits per heavy atom. The molecule has 0 unspecified atom stereocenters. The molecule has 3 rings (SSSR count). The van der Waals surface area contributed by atoms with Crippen LogP contribution in [0, 0.1) is 17.0 Å². The van der Waals surface area contributed by atoms with Gasteiger partial charge >= 0.3 is 0 Å². The van der Waals surface area contributed by atoms with Crippen LogP contribution in [0.4, 0.5) is 5.69 Å². The SMILES string of the molecule is CCc1noc(C)c1-c1noc(-c2ccc([N+](=O)[O-])cc2)n1. The smallest absolute Gasteiger partial charge is 0.269 e. The van der Waals surface area contributed by atoms with E-state index >= 15 is 0 Å². The highest BCUT2D eigenvalue weighted by molar-refractivity contribution is 5.63. The number of aryl methyl sites for hydroxylation is 2. The number of nitro groups is 1. The van der Waals surface area contributed by atoms with Crippen LogP contribution in [0.2, 0.25) is 0 Å². The Morgan fingerprint density at radius 3 is 2.55 bits per heavy atom. The minimum absolute atomic E-state index is 0.00615. The van der Waals surface area contributed by atoms with Crippen molar-refractivity contribution in [2.45, 2.75) is 20.3 Å². The van der Waals surface area contributed by atoms with Crippen molar-refractivity contribution in [2.75, 3.05) is 0 Å². The summed E-state index contributed by atoms with van der Waals surface area (Å²) in [5.74, 6) is 1.30. The standard InChI is InChI=1S/C14H12N4O4/c1-3-11-12(8(2)21-16-11)13-15-14(22-17-13)9-4-6-10(7-5-9)18(19)20/h4-7H,3H2,1-2H3. The predicted octanol–water partition coefficient (Wildman–Crippen LogP) is 3.17. The Kier molecular flexibility index (Phi) is 3.42. The van der Waals surface area contributed by atoms with Crippen LogP contribution in [-0.2, 0) is 6.42 Å². The lowest BCUT2D eigenvalue weighted by atomic mass is 10.1. The summed E-state index contributed by atoms with van der Waals surface area (Å²) in [6.45, 7) is 3.74. The highest BCUT2D eigenvalue weighted by atomic mass is 16.6. The zero-order valence-electron chi connectivity index (χ0n) is 11.9. The molecule has 0 aliphatic rings. The molecule has 0 aliphatic carbocycles. The number of hydrogen-bond acceptors (Lipinski definition) is 7. The summed E-state index contributed by atoms with van der Waals surface area (Å²) in [5.41, 5.74) is 2.09. The first-order valence-electron chi connectivity index (χ1n) is 6.64. The van der Waals surface area contributed by atoms with Crippen LogP contribution in [0.5, 0.6) is 0 Å². The van der Waals surface area contributed by atoms with Crippen molar-refractivity contribution in [1.82, 2.24) is 15.3 Å². The molecule has 3 aromatic rings. The van der Waals surface area contributed by atoms with Crippen molar-refractivity contribution in [1.29, 1.82) is 0 Å². The van der Waals surface area contributed by atoms with Crippen molar-refractivity contribution in [3.8, 4) is 22.8 Å². The first kappa shape index (κ1) is 13.9. The van der Waals surface area contributed by atoms with Crippen molar-refractivity contribution in [3.63, 3.8) is 0 Å². The van der Waals surface area contributed by atoms with Crippen LogP contribution in [0.1, 0.15) is 18.4 Å². The summed E-state index contributed by atoms with van der Waals surface area (Å²) >= 11 is 0. The van der Waals surface area contributed by atoms with E-state index in [4.69, 9.17) is 9.05 Å². The van der Waals surface area contributed by atoms with E-state index in [-0.39, 0.29) is 11.6 Å². The van der Waals surface area contributed by atoms with E-state index in [0.717, 1.165) is 11.3 Å². The molecule has 0 N–H and O–H groups in total. The van der Waals surface area contributed by atoms with E-state index in [9.17, 15) is 10.1 Å². The second-order valence-electron chi connectivity index (χ2n) is 4.64. The molecule has 0 saturated carbocycles. The third-order valence-corrected chi connectivity index (χ3v) is 3.24. The van der Waals surface area contributed by atoms with Crippen molar-refractivity contribution < 1.29 is 14.0 Å². The zero-order chi connectivity index (χ0) is 15.7. The normalized spacial score (nSPS) is 10.8. The van der Waals surface area contributed by atoms with Gasteiger partial charge in [0.15, 0.2) is 0 Å². The molecule has 2 aromatic heterocycles. The molecule has 8 nitrogen and oxygen atoms in total. The Hall–Kier alpha value is -3.03. The Labute approximate surface area is 124 Å². The summed E-state index contributed by atoms with van der Waals surface area (Å²) < 4.78 is 10.4. The molecule has 2 heterocycles. The summed E-state index contributed by atoms with van der Waals surface area (Å²) in [4.78, 5) is 14.5. The molecule has 0 spiro atoms. The van der Waals surface area contributed by atoms with Gasteiger partial charge in [-0.05, 0) is 25.5 Å². The van der Waals surface area contributed by atoms with Gasteiger partial charge in [0.25, 0.3) is 11.6 Å². The number of benzene rings is 1. The summed E-state index contributed by atoms with van der Waals surface area (Å²) in [6.07, 6.45) is 0.689. The van der Waals surface area contributed by atoms with Crippen LogP contribution in [0.15, 0.2) is 33.3 Å². The molecule has 1 aromatic carbocycles. The highest BCUT2D eigenvalue weighted by Crippen LogP contribution is 2.28. The van der Waals surface area contributed by atoms with Crippen LogP contribution < -0.4 is 0 Å². The van der Waals surface area contributed by atoms with Gasteiger partial charge in [0.2, 0.25) is 5.82 Å².